The monoisotopic (exact) mass is 336 g/mol. The lowest BCUT2D eigenvalue weighted by molar-refractivity contribution is -0.121. The van der Waals surface area contributed by atoms with Crippen molar-refractivity contribution < 1.29 is 9.90 Å². The molecule has 0 fully saturated rings. The second-order valence-electron chi connectivity index (χ2n) is 5.92. The molecule has 2 N–H and O–H groups in total. The molecule has 2 aromatic carbocycles. The fourth-order valence-corrected chi connectivity index (χ4v) is 2.68. The summed E-state index contributed by atoms with van der Waals surface area (Å²) in [6.07, 6.45) is 0.175. The molecule has 3 aromatic rings. The molecule has 1 atom stereocenters. The summed E-state index contributed by atoms with van der Waals surface area (Å²) < 4.78 is 1.87. The third-order valence-corrected chi connectivity index (χ3v) is 4.10. The van der Waals surface area contributed by atoms with Gasteiger partial charge in [0.05, 0.1) is 6.42 Å². The molecule has 0 unspecified atom stereocenters. The summed E-state index contributed by atoms with van der Waals surface area (Å²) in [4.78, 5) is 12.5. The van der Waals surface area contributed by atoms with Gasteiger partial charge in [-0.3, -0.25) is 4.79 Å². The highest BCUT2D eigenvalue weighted by atomic mass is 16.3. The first-order valence-electron chi connectivity index (χ1n) is 8.02. The number of nitrogens with zero attached hydrogens (tertiary/aromatic N) is 3. The molecule has 0 aliphatic carbocycles. The van der Waals surface area contributed by atoms with Crippen LogP contribution in [0.5, 0.6) is 5.75 Å². The molecule has 128 valence electrons. The van der Waals surface area contributed by atoms with Crippen LogP contribution in [-0.2, 0) is 18.3 Å². The minimum atomic E-state index is -0.391. The van der Waals surface area contributed by atoms with Gasteiger partial charge in [0.1, 0.15) is 17.6 Å². The molecule has 0 saturated carbocycles. The largest absolute Gasteiger partial charge is 0.508 e. The van der Waals surface area contributed by atoms with E-state index in [1.807, 2.05) is 54.9 Å². The second-order valence-corrected chi connectivity index (χ2v) is 5.92. The van der Waals surface area contributed by atoms with Gasteiger partial charge in [-0.1, -0.05) is 42.5 Å². The van der Waals surface area contributed by atoms with E-state index in [-0.39, 0.29) is 18.1 Å². The van der Waals surface area contributed by atoms with Crippen LogP contribution >= 0.6 is 0 Å². The summed E-state index contributed by atoms with van der Waals surface area (Å²) in [6, 6.07) is 16.0. The quantitative estimate of drug-likeness (QED) is 0.749. The van der Waals surface area contributed by atoms with Crippen LogP contribution in [0.2, 0.25) is 0 Å². The van der Waals surface area contributed by atoms with Crippen molar-refractivity contribution in [2.75, 3.05) is 0 Å². The van der Waals surface area contributed by atoms with E-state index in [0.717, 1.165) is 17.0 Å². The number of aromatic hydroxyl groups is 1. The van der Waals surface area contributed by atoms with Crippen LogP contribution in [0, 0.1) is 6.92 Å². The van der Waals surface area contributed by atoms with Gasteiger partial charge in [-0.25, -0.2) is 0 Å². The summed E-state index contributed by atoms with van der Waals surface area (Å²) in [5.74, 6) is 1.44. The molecule has 1 amide bonds. The van der Waals surface area contributed by atoms with E-state index in [1.54, 1.807) is 18.2 Å². The molecular weight excluding hydrogens is 316 g/mol. The van der Waals surface area contributed by atoms with Crippen LogP contribution in [0.4, 0.5) is 0 Å². The Morgan fingerprint density at radius 2 is 1.92 bits per heavy atom. The van der Waals surface area contributed by atoms with E-state index in [2.05, 4.69) is 15.5 Å². The SMILES string of the molecule is Cc1nnc([C@H](NC(=O)Cc2cccc(O)c2)c2ccccc2)n1C. The predicted octanol–water partition coefficient (Wildman–Crippen LogP) is 2.28. The number of hydrogen-bond donors (Lipinski definition) is 2. The molecule has 1 aromatic heterocycles. The van der Waals surface area contributed by atoms with Crippen molar-refractivity contribution in [3.8, 4) is 5.75 Å². The number of carbonyl (C=O) groups is 1. The van der Waals surface area contributed by atoms with Gasteiger partial charge in [0, 0.05) is 7.05 Å². The zero-order valence-corrected chi connectivity index (χ0v) is 14.2. The van der Waals surface area contributed by atoms with Crippen molar-refractivity contribution in [1.29, 1.82) is 0 Å². The fourth-order valence-electron chi connectivity index (χ4n) is 2.68. The number of hydrogen-bond acceptors (Lipinski definition) is 4. The van der Waals surface area contributed by atoms with Crippen molar-refractivity contribution in [3.63, 3.8) is 0 Å². The minimum Gasteiger partial charge on any atom is -0.508 e. The number of nitrogens with one attached hydrogen (secondary N) is 1. The summed E-state index contributed by atoms with van der Waals surface area (Å²) in [7, 11) is 1.88. The number of carbonyl (C=O) groups excluding carboxylic acids is 1. The van der Waals surface area contributed by atoms with E-state index in [4.69, 9.17) is 0 Å². The molecule has 0 aliphatic rings. The first kappa shape index (κ1) is 16.7. The Bertz CT molecular complexity index is 874. The van der Waals surface area contributed by atoms with Gasteiger partial charge in [-0.2, -0.15) is 0 Å². The van der Waals surface area contributed by atoms with Crippen molar-refractivity contribution >= 4 is 5.91 Å². The topological polar surface area (TPSA) is 80.0 Å². The molecule has 25 heavy (non-hydrogen) atoms. The van der Waals surface area contributed by atoms with E-state index < -0.39 is 6.04 Å². The average Bonchev–Trinajstić information content (AvgIpc) is 2.93. The smallest absolute Gasteiger partial charge is 0.225 e. The predicted molar refractivity (Wildman–Crippen MR) is 94.0 cm³/mol. The fraction of sp³-hybridized carbons (Fsp3) is 0.211. The molecule has 0 bridgehead atoms. The molecule has 6 heteroatoms. The zero-order chi connectivity index (χ0) is 17.8. The van der Waals surface area contributed by atoms with Gasteiger partial charge in [-0.05, 0) is 30.2 Å². The molecule has 0 radical (unpaired) electrons. The Kier molecular flexibility index (Phi) is 4.79. The van der Waals surface area contributed by atoms with Gasteiger partial charge in [0.25, 0.3) is 0 Å². The van der Waals surface area contributed by atoms with Crippen LogP contribution in [0.25, 0.3) is 0 Å². The molecule has 1 heterocycles. The normalized spacial score (nSPS) is 11.9. The number of aryl methyl sites for hydroxylation is 1. The Morgan fingerprint density at radius 3 is 2.56 bits per heavy atom. The highest BCUT2D eigenvalue weighted by molar-refractivity contribution is 5.79. The van der Waals surface area contributed by atoms with Crippen molar-refractivity contribution in [1.82, 2.24) is 20.1 Å². The Labute approximate surface area is 146 Å². The van der Waals surface area contributed by atoms with Crippen LogP contribution < -0.4 is 5.32 Å². The number of rotatable bonds is 5. The Hall–Kier alpha value is -3.15. The molecule has 0 saturated heterocycles. The first-order chi connectivity index (χ1) is 12.0. The number of phenols is 1. The summed E-state index contributed by atoms with van der Waals surface area (Å²) in [6.45, 7) is 1.87. The van der Waals surface area contributed by atoms with Crippen molar-refractivity contribution in [2.24, 2.45) is 7.05 Å². The number of amides is 1. The average molecular weight is 336 g/mol. The van der Waals surface area contributed by atoms with Gasteiger partial charge in [0.15, 0.2) is 5.82 Å². The van der Waals surface area contributed by atoms with Crippen LogP contribution in [0.3, 0.4) is 0 Å². The standard InChI is InChI=1S/C19H20N4O2/c1-13-21-22-19(23(13)2)18(15-8-4-3-5-9-15)20-17(25)12-14-7-6-10-16(24)11-14/h3-11,18,24H,12H2,1-2H3,(H,20,25)/t18-/m1/s1. The van der Waals surface area contributed by atoms with E-state index in [9.17, 15) is 9.90 Å². The summed E-state index contributed by atoms with van der Waals surface area (Å²) in [5, 5.41) is 20.9. The molecular formula is C19H20N4O2. The maximum Gasteiger partial charge on any atom is 0.225 e. The van der Waals surface area contributed by atoms with Gasteiger partial charge < -0.3 is 15.0 Å². The van der Waals surface area contributed by atoms with Crippen LogP contribution in [-0.4, -0.2) is 25.8 Å². The highest BCUT2D eigenvalue weighted by Gasteiger charge is 2.22. The van der Waals surface area contributed by atoms with E-state index in [1.165, 1.54) is 0 Å². The Balaban J connectivity index is 1.85. The summed E-state index contributed by atoms with van der Waals surface area (Å²) in [5.41, 5.74) is 1.68. The third kappa shape index (κ3) is 3.85. The molecule has 6 nitrogen and oxygen atoms in total. The highest BCUT2D eigenvalue weighted by Crippen LogP contribution is 2.21. The summed E-state index contributed by atoms with van der Waals surface area (Å²) >= 11 is 0. The van der Waals surface area contributed by atoms with E-state index in [0.29, 0.717) is 5.82 Å². The minimum absolute atomic E-state index is 0.147. The zero-order valence-electron chi connectivity index (χ0n) is 14.2. The van der Waals surface area contributed by atoms with Gasteiger partial charge in [-0.15, -0.1) is 10.2 Å². The molecule has 3 rings (SSSR count). The molecule has 0 aliphatic heterocycles. The van der Waals surface area contributed by atoms with Crippen molar-refractivity contribution in [2.45, 2.75) is 19.4 Å². The van der Waals surface area contributed by atoms with Gasteiger partial charge >= 0.3 is 0 Å². The lowest BCUT2D eigenvalue weighted by Gasteiger charge is -2.19. The number of aromatic nitrogens is 3. The third-order valence-electron chi connectivity index (χ3n) is 4.10. The first-order valence-corrected chi connectivity index (χ1v) is 8.02. The molecule has 0 spiro atoms. The van der Waals surface area contributed by atoms with Crippen molar-refractivity contribution in [3.05, 3.63) is 77.4 Å². The van der Waals surface area contributed by atoms with E-state index >= 15 is 0 Å². The number of phenolic OH excluding ortho intramolecular Hbond substituents is 1. The maximum absolute atomic E-state index is 12.5. The van der Waals surface area contributed by atoms with Gasteiger partial charge in [0.2, 0.25) is 5.91 Å². The second kappa shape index (κ2) is 7.17. The Morgan fingerprint density at radius 1 is 1.16 bits per heavy atom. The lowest BCUT2D eigenvalue weighted by atomic mass is 10.1. The maximum atomic E-state index is 12.5. The number of benzene rings is 2. The van der Waals surface area contributed by atoms with Crippen LogP contribution in [0.15, 0.2) is 54.6 Å². The lowest BCUT2D eigenvalue weighted by Crippen LogP contribution is -2.32. The van der Waals surface area contributed by atoms with Crippen LogP contribution in [0.1, 0.15) is 28.8 Å².